The number of non-ortho nitro benzene ring substituents is 1. The Balaban J connectivity index is 0.000000177. The summed E-state index contributed by atoms with van der Waals surface area (Å²) in [7, 11) is 0. The maximum atomic E-state index is 12.2. The molecule has 27 heteroatoms. The Morgan fingerprint density at radius 2 is 1.21 bits per heavy atom. The van der Waals surface area contributed by atoms with Gasteiger partial charge in [-0.2, -0.15) is 0 Å². The van der Waals surface area contributed by atoms with Crippen molar-refractivity contribution >= 4 is 51.8 Å². The molecule has 12 N–H and O–H groups in total. The van der Waals surface area contributed by atoms with Crippen molar-refractivity contribution in [2.24, 2.45) is 5.73 Å². The monoisotopic (exact) mass is 1080 g/mol. The van der Waals surface area contributed by atoms with E-state index < -0.39 is 73.4 Å². The van der Waals surface area contributed by atoms with E-state index in [1.54, 1.807) is 0 Å². The van der Waals surface area contributed by atoms with Crippen LogP contribution in [0.2, 0.25) is 0 Å². The first-order valence-electron chi connectivity index (χ1n) is 25.3. The first-order chi connectivity index (χ1) is 37.7. The molecule has 0 bridgehead atoms. The van der Waals surface area contributed by atoms with Crippen molar-refractivity contribution in [3.05, 3.63) is 83.0 Å². The van der Waals surface area contributed by atoms with Crippen LogP contribution in [0.5, 0.6) is 5.75 Å². The van der Waals surface area contributed by atoms with Gasteiger partial charge in [0.1, 0.15) is 65.6 Å². The number of nitrogens with zero attached hydrogens (tertiary/aromatic N) is 9. The zero-order valence-electron chi connectivity index (χ0n) is 42.3. The van der Waals surface area contributed by atoms with Gasteiger partial charge in [0.15, 0.2) is 35.4 Å². The lowest BCUT2D eigenvalue weighted by atomic mass is 10.0. The predicted octanol–water partition coefficient (Wildman–Crippen LogP) is 1.91. The predicted molar refractivity (Wildman–Crippen MR) is 276 cm³/mol. The average molecular weight is 1080 g/mol. The van der Waals surface area contributed by atoms with Crippen LogP contribution in [0, 0.1) is 33.8 Å². The maximum absolute atomic E-state index is 12.2. The molecule has 27 nitrogen and oxygen atoms in total. The fourth-order valence-electron chi connectivity index (χ4n) is 8.58. The van der Waals surface area contributed by atoms with Gasteiger partial charge in [-0.1, -0.05) is 36.8 Å². The second-order valence-corrected chi connectivity index (χ2v) is 18.2. The van der Waals surface area contributed by atoms with Gasteiger partial charge in [0.2, 0.25) is 11.6 Å². The summed E-state index contributed by atoms with van der Waals surface area (Å²) >= 11 is 0. The number of ether oxygens (including phenoxy) is 5. The zero-order valence-corrected chi connectivity index (χ0v) is 42.3. The molecule has 6 heterocycles. The van der Waals surface area contributed by atoms with Gasteiger partial charge in [0.05, 0.1) is 43.8 Å². The number of nitrogens with two attached hydrogens (primary N) is 3. The number of aliphatic hydroxyl groups excluding tert-OH is 6. The smallest absolute Gasteiger partial charge is 0.458 e. The van der Waals surface area contributed by atoms with E-state index in [2.05, 4.69) is 59.7 Å². The summed E-state index contributed by atoms with van der Waals surface area (Å²) in [6.07, 6.45) is 11.3. The number of esters is 1. The lowest BCUT2D eigenvalue weighted by molar-refractivity contribution is -0.384. The molecule has 2 aliphatic carbocycles. The molecule has 2 saturated heterocycles. The molecule has 0 saturated carbocycles. The molecule has 10 atom stereocenters. The highest BCUT2D eigenvalue weighted by molar-refractivity contribution is 5.83. The van der Waals surface area contributed by atoms with Crippen LogP contribution < -0.4 is 21.9 Å². The average Bonchev–Trinajstić information content (AvgIpc) is 4.21. The highest BCUT2D eigenvalue weighted by Crippen LogP contribution is 2.34. The van der Waals surface area contributed by atoms with Crippen molar-refractivity contribution in [2.75, 3.05) is 31.2 Å². The zero-order chi connectivity index (χ0) is 55.7. The minimum absolute atomic E-state index is 0.0568. The molecule has 4 unspecified atom stereocenters. The minimum atomic E-state index is -1.29. The van der Waals surface area contributed by atoms with E-state index in [4.69, 9.17) is 40.9 Å². The molecular formula is C51H62N12O15. The van der Waals surface area contributed by atoms with Gasteiger partial charge in [-0.25, -0.2) is 34.7 Å². The van der Waals surface area contributed by atoms with Crippen LogP contribution in [-0.2, 0) is 23.7 Å². The van der Waals surface area contributed by atoms with E-state index in [1.165, 1.54) is 52.5 Å². The van der Waals surface area contributed by atoms with E-state index in [0.29, 0.717) is 16.7 Å². The van der Waals surface area contributed by atoms with Crippen LogP contribution in [0.25, 0.3) is 22.3 Å². The number of aromatic nitrogens is 8. The summed E-state index contributed by atoms with van der Waals surface area (Å²) in [5, 5.41) is 69.3. The molecule has 1 aromatic carbocycles. The number of imidazole rings is 2. The molecule has 0 radical (unpaired) electrons. The van der Waals surface area contributed by atoms with Crippen molar-refractivity contribution in [3.63, 3.8) is 0 Å². The number of allylic oxidation sites excluding steroid dienone is 2. The molecule has 2 aliphatic heterocycles. The van der Waals surface area contributed by atoms with E-state index in [-0.39, 0.29) is 77.9 Å². The Morgan fingerprint density at radius 3 is 1.68 bits per heavy atom. The minimum Gasteiger partial charge on any atom is -0.458 e. The highest BCUT2D eigenvalue weighted by atomic mass is 16.7. The normalized spacial score (nSPS) is 25.6. The lowest BCUT2D eigenvalue weighted by Gasteiger charge is -2.16. The number of anilines is 2. The van der Waals surface area contributed by atoms with Crippen LogP contribution >= 0.6 is 0 Å². The third-order valence-corrected chi connectivity index (χ3v) is 12.6. The van der Waals surface area contributed by atoms with Gasteiger partial charge < -0.3 is 71.5 Å². The summed E-state index contributed by atoms with van der Waals surface area (Å²) < 4.78 is 29.6. The number of nitro groups is 1. The molecule has 78 heavy (non-hydrogen) atoms. The fraction of sp³-hybridized carbons (Fsp3) is 0.490. The van der Waals surface area contributed by atoms with E-state index in [0.717, 1.165) is 57.8 Å². The van der Waals surface area contributed by atoms with Crippen LogP contribution in [0.1, 0.15) is 101 Å². The lowest BCUT2D eigenvalue weighted by Crippen LogP contribution is -2.33. The Hall–Kier alpha value is -7.70. The Kier molecular flexibility index (Phi) is 20.9. The van der Waals surface area contributed by atoms with Crippen molar-refractivity contribution in [2.45, 2.75) is 138 Å². The molecule has 2 fully saturated rings. The van der Waals surface area contributed by atoms with Crippen LogP contribution in [0.15, 0.2) is 61.2 Å². The quantitative estimate of drug-likeness (QED) is 0.0241. The third kappa shape index (κ3) is 15.1. The third-order valence-electron chi connectivity index (χ3n) is 12.6. The Labute approximate surface area is 446 Å². The number of nitrogen functional groups attached to an aromatic ring is 2. The number of fused-ring (bicyclic) bond motifs is 2. The SMILES string of the molecule is NCC#Cc1nc(N)c2ncn([C@@H]3O[C@H](CO)C(O)[C@@H]3O)c2n1.Nc1nc(C#CCCC(=O)OC2/C=C/CCCCC2)nc2c1ncn2[C@@H]1O[C@H](CO)C(O)[C@@H]1O.O=C(Oc1ccc([N+](=O)[O-])cc1)OC1/C=C/CCCCC1. The van der Waals surface area contributed by atoms with Gasteiger partial charge >= 0.3 is 12.1 Å². The number of aliphatic hydroxyl groups is 6. The standard InChI is InChI=1S/C23H29N5O6.C15H17NO5.C13H16N6O4/c24-21-18-22(28(13-25-18)23-20(32)19(31)15(12-29)34-23)27-16(26-21)10-6-7-11-17(30)33-14-8-4-2-1-3-5-9-14;17-15(20-13-6-4-2-1-3-5-7-13)21-14-10-8-12(9-11-14)16(18)19;14-3-1-2-7-17-11(15)8-12(18-7)19(5-16-8)13-10(22)9(21)6(4-20)23-13/h4,8,13-15,19-20,23,29,31-32H,1-3,5,7,9,11-12H2,(H2,24,26,27);4,6,8-11,13H,1-3,5,7H2;5-6,9-10,13,20-22H,3-4,14H2,(H2,15,17,18)/b8-4+;6-4+;/t14?,15-,19?,20+,23-;;6-,9?,10+,13-/m1.1/s1. The van der Waals surface area contributed by atoms with Crippen molar-refractivity contribution < 1.29 is 68.8 Å². The number of rotatable bonds is 10. The summed E-state index contributed by atoms with van der Waals surface area (Å²) in [4.78, 5) is 58.8. The molecule has 9 rings (SSSR count). The second-order valence-electron chi connectivity index (χ2n) is 18.2. The fourth-order valence-corrected chi connectivity index (χ4v) is 8.58. The van der Waals surface area contributed by atoms with Gasteiger partial charge in [-0.3, -0.25) is 24.0 Å². The van der Waals surface area contributed by atoms with Gasteiger partial charge in [0.25, 0.3) is 5.69 Å². The van der Waals surface area contributed by atoms with Crippen molar-refractivity contribution in [3.8, 4) is 29.4 Å². The highest BCUT2D eigenvalue weighted by Gasteiger charge is 2.45. The number of hydrogen-bond donors (Lipinski definition) is 9. The van der Waals surface area contributed by atoms with E-state index in [1.807, 2.05) is 18.2 Å². The maximum Gasteiger partial charge on any atom is 0.514 e. The number of hydrogen-bond acceptors (Lipinski definition) is 24. The Bertz CT molecular complexity index is 3040. The largest absolute Gasteiger partial charge is 0.514 e. The van der Waals surface area contributed by atoms with Crippen LogP contribution in [-0.4, -0.2) is 155 Å². The first kappa shape index (κ1) is 58.0. The number of nitro benzene ring substituents is 1. The van der Waals surface area contributed by atoms with E-state index in [9.17, 15) is 50.3 Å². The second kappa shape index (κ2) is 28.1. The molecule has 416 valence electrons. The molecule has 0 spiro atoms. The summed E-state index contributed by atoms with van der Waals surface area (Å²) in [5.74, 6) is 11.4. The molecular weight excluding hydrogens is 1020 g/mol. The number of benzene rings is 1. The molecule has 0 amide bonds. The molecule has 4 aromatic heterocycles. The van der Waals surface area contributed by atoms with Gasteiger partial charge in [-0.15, -0.1) is 0 Å². The Morgan fingerprint density at radius 1 is 0.705 bits per heavy atom. The summed E-state index contributed by atoms with van der Waals surface area (Å²) in [5.41, 5.74) is 18.3. The first-order valence-corrected chi connectivity index (χ1v) is 25.3. The summed E-state index contributed by atoms with van der Waals surface area (Å²) in [6.45, 7) is -0.726. The summed E-state index contributed by atoms with van der Waals surface area (Å²) in [6, 6.07) is 5.29. The van der Waals surface area contributed by atoms with Crippen molar-refractivity contribution in [1.82, 2.24) is 39.0 Å². The molecule has 4 aliphatic rings. The number of carbonyl (C=O) groups excluding carboxylic acids is 2. The number of carbonyl (C=O) groups is 2. The van der Waals surface area contributed by atoms with Crippen molar-refractivity contribution in [1.29, 1.82) is 0 Å². The topological polar surface area (TPSA) is 410 Å². The molecule has 5 aromatic rings. The van der Waals surface area contributed by atoms with E-state index >= 15 is 0 Å². The van der Waals surface area contributed by atoms with Gasteiger partial charge in [0, 0.05) is 18.6 Å². The van der Waals surface area contributed by atoms with Crippen LogP contribution in [0.4, 0.5) is 22.1 Å². The van der Waals surface area contributed by atoms with Gasteiger partial charge in [-0.05, 0) is 87.5 Å². The van der Waals surface area contributed by atoms with Crippen LogP contribution in [0.3, 0.4) is 0 Å².